The smallest absolute Gasteiger partial charge is 0.407 e. The number of aromatic nitrogens is 2. The summed E-state index contributed by atoms with van der Waals surface area (Å²) >= 11 is 0. The number of nitrogens with zero attached hydrogens (tertiary/aromatic N) is 2. The molecule has 12 nitrogen and oxygen atoms in total. The first-order valence-electron chi connectivity index (χ1n) is 16.4. The zero-order valence-electron chi connectivity index (χ0n) is 27.6. The number of hydrogen-bond acceptors (Lipinski definition) is 9. The zero-order chi connectivity index (χ0) is 35.0. The number of allylic oxidation sites excluding steroid dienone is 10. The number of unbranched alkanes of at least 4 members (excludes halogenated alkanes) is 1. The van der Waals surface area contributed by atoms with E-state index in [0.29, 0.717) is 30.6 Å². The predicted octanol–water partition coefficient (Wildman–Crippen LogP) is 4.07. The molecule has 0 radical (unpaired) electrons. The van der Waals surface area contributed by atoms with E-state index < -0.39 is 42.7 Å². The number of alkyl carbamates (subject to hydrolysis) is 1. The van der Waals surface area contributed by atoms with Crippen molar-refractivity contribution in [2.75, 3.05) is 38.5 Å². The topological polar surface area (TPSA) is 170 Å². The van der Waals surface area contributed by atoms with Gasteiger partial charge in [0.2, 0.25) is 12.1 Å². The van der Waals surface area contributed by atoms with Gasteiger partial charge in [-0.15, -0.1) is 0 Å². The lowest BCUT2D eigenvalue weighted by atomic mass is 10.1. The van der Waals surface area contributed by atoms with Gasteiger partial charge in [-0.3, -0.25) is 9.36 Å². The number of nitrogen functional groups attached to an aromatic ring is 1. The maximum Gasteiger partial charge on any atom is 0.407 e. The second kappa shape index (κ2) is 23.2. The largest absolute Gasteiger partial charge is 0.447 e. The number of hydrogen-bond donors (Lipinski definition) is 5. The van der Waals surface area contributed by atoms with Crippen LogP contribution in [-0.4, -0.2) is 77.6 Å². The summed E-state index contributed by atoms with van der Waals surface area (Å²) in [5.74, 6) is -4.04. The molecule has 1 fully saturated rings. The number of carbonyl (C=O) groups excluding carboxylic acids is 2. The second-order valence-corrected chi connectivity index (χ2v) is 10.9. The van der Waals surface area contributed by atoms with Crippen LogP contribution in [0.2, 0.25) is 0 Å². The van der Waals surface area contributed by atoms with Gasteiger partial charge in [-0.25, -0.2) is 9.59 Å². The van der Waals surface area contributed by atoms with E-state index in [1.165, 1.54) is 0 Å². The normalized spacial score (nSPS) is 19.4. The van der Waals surface area contributed by atoms with E-state index in [-0.39, 0.29) is 18.3 Å². The van der Waals surface area contributed by atoms with Gasteiger partial charge in [-0.05, 0) is 51.0 Å². The molecule has 0 spiro atoms. The summed E-state index contributed by atoms with van der Waals surface area (Å²) in [6, 6.07) is 1.14. The molecule has 266 valence electrons. The average molecular weight is 677 g/mol. The molecule has 1 aromatic heterocycles. The summed E-state index contributed by atoms with van der Waals surface area (Å²) in [6.45, 7) is 2.89. The number of aliphatic hydroxyl groups is 1. The number of rotatable bonds is 22. The third kappa shape index (κ3) is 15.6. The first kappa shape index (κ1) is 40.0. The van der Waals surface area contributed by atoms with Gasteiger partial charge < -0.3 is 36.3 Å². The van der Waals surface area contributed by atoms with Crippen molar-refractivity contribution < 1.29 is 33.0 Å². The molecular weight excluding hydrogens is 626 g/mol. The Bertz CT molecular complexity index is 1310. The van der Waals surface area contributed by atoms with Crippen molar-refractivity contribution in [3.05, 3.63) is 83.5 Å². The Hall–Kier alpha value is -4.14. The fraction of sp³-hybridized carbons (Fsp3) is 0.529. The van der Waals surface area contributed by atoms with Crippen LogP contribution in [-0.2, 0) is 14.3 Å². The molecule has 48 heavy (non-hydrogen) atoms. The Morgan fingerprint density at radius 2 is 1.56 bits per heavy atom. The summed E-state index contributed by atoms with van der Waals surface area (Å²) in [6.07, 6.45) is 22.4. The Kier molecular flexibility index (Phi) is 19.4. The third-order valence-electron chi connectivity index (χ3n) is 6.99. The molecule has 14 heteroatoms. The molecule has 3 atom stereocenters. The summed E-state index contributed by atoms with van der Waals surface area (Å²) in [4.78, 5) is 39.3. The van der Waals surface area contributed by atoms with Gasteiger partial charge in [0.05, 0.1) is 0 Å². The molecule has 2 rings (SSSR count). The number of nitrogens with one attached hydrogen (secondary N) is 3. The van der Waals surface area contributed by atoms with E-state index in [0.717, 1.165) is 57.2 Å². The van der Waals surface area contributed by atoms with Crippen LogP contribution in [0.5, 0.6) is 0 Å². The molecule has 1 aliphatic heterocycles. The van der Waals surface area contributed by atoms with E-state index in [1.807, 2.05) is 0 Å². The van der Waals surface area contributed by atoms with Crippen LogP contribution in [0.25, 0.3) is 0 Å². The van der Waals surface area contributed by atoms with E-state index in [4.69, 9.17) is 15.2 Å². The monoisotopic (exact) mass is 676 g/mol. The molecular formula is C34H50F2N6O6. The fourth-order valence-corrected chi connectivity index (χ4v) is 4.42. The van der Waals surface area contributed by atoms with E-state index in [9.17, 15) is 28.3 Å². The molecule has 1 aliphatic rings. The van der Waals surface area contributed by atoms with Gasteiger partial charge in [0.15, 0.2) is 6.10 Å². The van der Waals surface area contributed by atoms with Gasteiger partial charge in [0.25, 0.3) is 0 Å². The van der Waals surface area contributed by atoms with Crippen molar-refractivity contribution in [2.45, 2.75) is 82.6 Å². The van der Waals surface area contributed by atoms with Crippen LogP contribution >= 0.6 is 0 Å². The van der Waals surface area contributed by atoms with Crippen molar-refractivity contribution in [2.24, 2.45) is 0 Å². The van der Waals surface area contributed by atoms with Crippen LogP contribution in [0.15, 0.2) is 77.8 Å². The van der Waals surface area contributed by atoms with E-state index >= 15 is 0 Å². The van der Waals surface area contributed by atoms with Gasteiger partial charge in [-0.2, -0.15) is 13.8 Å². The fourth-order valence-electron chi connectivity index (χ4n) is 4.42. The van der Waals surface area contributed by atoms with E-state index in [2.05, 4.69) is 88.6 Å². The van der Waals surface area contributed by atoms with Crippen molar-refractivity contribution in [1.29, 1.82) is 0 Å². The number of carbonyl (C=O) groups is 2. The first-order chi connectivity index (χ1) is 23.2. The van der Waals surface area contributed by atoms with Crippen LogP contribution in [0, 0.1) is 0 Å². The number of alkyl halides is 2. The molecule has 2 amide bonds. The van der Waals surface area contributed by atoms with Gasteiger partial charge >= 0.3 is 17.7 Å². The quantitative estimate of drug-likeness (QED) is 0.0898. The Morgan fingerprint density at radius 3 is 2.17 bits per heavy atom. The first-order valence-corrected chi connectivity index (χ1v) is 16.4. The molecule has 2 heterocycles. The molecule has 1 aromatic rings. The van der Waals surface area contributed by atoms with Crippen LogP contribution in [0.3, 0.4) is 0 Å². The maximum atomic E-state index is 14.6. The van der Waals surface area contributed by atoms with Crippen LogP contribution < -0.4 is 27.4 Å². The molecule has 1 saturated heterocycles. The Balaban J connectivity index is 1.45. The summed E-state index contributed by atoms with van der Waals surface area (Å²) in [5, 5.41) is 18.3. The molecule has 6 N–H and O–H groups in total. The van der Waals surface area contributed by atoms with Crippen molar-refractivity contribution >= 4 is 17.8 Å². The highest BCUT2D eigenvalue weighted by atomic mass is 19.3. The number of anilines is 1. The lowest BCUT2D eigenvalue weighted by Gasteiger charge is -2.20. The van der Waals surface area contributed by atoms with E-state index in [1.54, 1.807) is 0 Å². The lowest BCUT2D eigenvalue weighted by molar-refractivity contribution is -0.140. The minimum absolute atomic E-state index is 0.0347. The highest BCUT2D eigenvalue weighted by Crippen LogP contribution is 2.42. The van der Waals surface area contributed by atoms with Crippen molar-refractivity contribution in [3.8, 4) is 0 Å². The Labute approximate surface area is 280 Å². The number of halogens is 2. The van der Waals surface area contributed by atoms with Gasteiger partial charge in [0, 0.05) is 38.8 Å². The van der Waals surface area contributed by atoms with Crippen LogP contribution in [0.4, 0.5) is 19.4 Å². The summed E-state index contributed by atoms with van der Waals surface area (Å²) in [7, 11) is 0. The number of aliphatic hydroxyl groups excluding tert-OH is 1. The molecule has 0 aliphatic carbocycles. The molecule has 0 aromatic carbocycles. The second-order valence-electron chi connectivity index (χ2n) is 10.9. The average Bonchev–Trinajstić information content (AvgIpc) is 3.28. The molecule has 0 saturated carbocycles. The van der Waals surface area contributed by atoms with Gasteiger partial charge in [0.1, 0.15) is 18.5 Å². The summed E-state index contributed by atoms with van der Waals surface area (Å²) in [5.41, 5.74) is 4.31. The van der Waals surface area contributed by atoms with Crippen molar-refractivity contribution in [1.82, 2.24) is 25.5 Å². The number of ether oxygens (including phenoxy) is 2. The standard InChI is InChI=1S/C34H50F2N6O6/c1-2-3-4-5-6-7-8-9-10-11-12-13-14-15-16-17-18-19-29(43)39-23-21-38-22-24-40-33(46)47-26-27-30(44)34(35,36)31(48-27)42-25-20-28(37)41-32(42)45/h3-4,6-7,9-10,12-13,15-16,20,25,27,30-31,38,44H,2,5,8,11,14,17-19,21-24,26H2,1H3,(H,39,43)(H,40,46)(H2,37,41,45). The lowest BCUT2D eigenvalue weighted by Crippen LogP contribution is -2.42. The highest BCUT2D eigenvalue weighted by Gasteiger charge is 2.60. The minimum Gasteiger partial charge on any atom is -0.447 e. The highest BCUT2D eigenvalue weighted by molar-refractivity contribution is 5.75. The van der Waals surface area contributed by atoms with Crippen molar-refractivity contribution in [3.63, 3.8) is 0 Å². The SMILES string of the molecule is CCC=CCC=CCC=CCC=CCC=CCCCC(=O)NCCNCCNC(=O)OCC1OC(n2ccc(N)nc2=O)C(F)(F)C1O. The minimum atomic E-state index is -3.85. The third-order valence-corrected chi connectivity index (χ3v) is 6.99. The Morgan fingerprint density at radius 1 is 0.979 bits per heavy atom. The number of amides is 2. The zero-order valence-corrected chi connectivity index (χ0v) is 27.6. The molecule has 0 bridgehead atoms. The number of nitrogens with two attached hydrogens (primary N) is 1. The predicted molar refractivity (Wildman–Crippen MR) is 181 cm³/mol. The van der Waals surface area contributed by atoms with Crippen LogP contribution in [0.1, 0.15) is 64.5 Å². The molecule has 3 unspecified atom stereocenters. The maximum absolute atomic E-state index is 14.6. The van der Waals surface area contributed by atoms with Gasteiger partial charge in [-0.1, -0.05) is 67.7 Å². The summed E-state index contributed by atoms with van der Waals surface area (Å²) < 4.78 is 39.7.